The van der Waals surface area contributed by atoms with E-state index in [1.54, 1.807) is 7.11 Å². The lowest BCUT2D eigenvalue weighted by molar-refractivity contribution is -0.192. The van der Waals surface area contributed by atoms with Gasteiger partial charge in [0.1, 0.15) is 0 Å². The molecule has 3 atom stereocenters. The average Bonchev–Trinajstić information content (AvgIpc) is 3.11. The number of aryl methyl sites for hydroxylation is 1. The van der Waals surface area contributed by atoms with Crippen LogP contribution in [0.1, 0.15) is 29.3 Å². The molecule has 0 radical (unpaired) electrons. The number of alkyl halides is 3. The molecular weight excluding hydrogens is 389 g/mol. The summed E-state index contributed by atoms with van der Waals surface area (Å²) in [5, 5.41) is 7.12. The lowest BCUT2D eigenvalue weighted by atomic mass is 9.88. The Kier molecular flexibility index (Phi) is 7.65. The summed E-state index contributed by atoms with van der Waals surface area (Å²) in [4.78, 5) is 26.3. The number of halogens is 3. The number of nitrogens with zero attached hydrogens (tertiary/aromatic N) is 2. The van der Waals surface area contributed by atoms with E-state index in [4.69, 9.17) is 14.6 Å². The van der Waals surface area contributed by atoms with E-state index >= 15 is 0 Å². The van der Waals surface area contributed by atoms with Crippen molar-refractivity contribution in [3.63, 3.8) is 0 Å². The van der Waals surface area contributed by atoms with E-state index in [0.717, 1.165) is 38.2 Å². The Morgan fingerprint density at radius 2 is 1.79 bits per heavy atom. The van der Waals surface area contributed by atoms with Gasteiger partial charge in [-0.3, -0.25) is 4.79 Å². The average molecular weight is 416 g/mol. The van der Waals surface area contributed by atoms with E-state index in [1.165, 1.54) is 5.56 Å². The number of likely N-dealkylation sites (tertiary alicyclic amines) is 2. The van der Waals surface area contributed by atoms with Crippen molar-refractivity contribution < 1.29 is 32.6 Å². The van der Waals surface area contributed by atoms with E-state index in [0.29, 0.717) is 5.92 Å². The first-order valence-corrected chi connectivity index (χ1v) is 9.51. The number of carboxylic acids is 1. The minimum Gasteiger partial charge on any atom is -0.475 e. The molecule has 0 unspecified atom stereocenters. The molecular formula is C20H27F3N2O4. The van der Waals surface area contributed by atoms with Crippen LogP contribution in [-0.4, -0.2) is 78.4 Å². The highest BCUT2D eigenvalue weighted by Gasteiger charge is 2.45. The summed E-state index contributed by atoms with van der Waals surface area (Å²) in [5.74, 6) is -2.15. The molecule has 1 N–H and O–H groups in total. The second-order valence-electron chi connectivity index (χ2n) is 7.31. The molecule has 2 aliphatic heterocycles. The lowest BCUT2D eigenvalue weighted by Gasteiger charge is -2.41. The summed E-state index contributed by atoms with van der Waals surface area (Å²) < 4.78 is 37.4. The molecule has 0 bridgehead atoms. The van der Waals surface area contributed by atoms with Crippen molar-refractivity contribution in [2.24, 2.45) is 5.92 Å². The van der Waals surface area contributed by atoms with Gasteiger partial charge >= 0.3 is 12.1 Å². The number of carboxylic acid groups (broad SMARTS) is 1. The molecule has 1 amide bonds. The molecule has 3 rings (SSSR count). The second-order valence-corrected chi connectivity index (χ2v) is 7.31. The molecule has 2 heterocycles. The summed E-state index contributed by atoms with van der Waals surface area (Å²) in [6, 6.07) is 8.20. The second kappa shape index (κ2) is 9.58. The first-order valence-electron chi connectivity index (χ1n) is 9.51. The zero-order valence-corrected chi connectivity index (χ0v) is 16.8. The first-order chi connectivity index (χ1) is 13.6. The van der Waals surface area contributed by atoms with Gasteiger partial charge < -0.3 is 19.6 Å². The van der Waals surface area contributed by atoms with Gasteiger partial charge in [-0.15, -0.1) is 0 Å². The number of likely N-dealkylation sites (N-methyl/N-ethyl adjacent to an activating group) is 1. The SMILES string of the molecule is CCN1C[C@@H]2[C@@H](OC)CCN(C(=O)c3ccc(C)cc3)[C@@H]2C1.O=C(O)C(F)(F)F. The molecule has 0 spiro atoms. The molecule has 2 aliphatic rings. The van der Waals surface area contributed by atoms with Crippen molar-refractivity contribution >= 4 is 11.9 Å². The topological polar surface area (TPSA) is 70.1 Å². The summed E-state index contributed by atoms with van der Waals surface area (Å²) >= 11 is 0. The van der Waals surface area contributed by atoms with Crippen LogP contribution in [0.25, 0.3) is 0 Å². The van der Waals surface area contributed by atoms with Crippen LogP contribution in [-0.2, 0) is 9.53 Å². The highest BCUT2D eigenvalue weighted by molar-refractivity contribution is 5.94. The van der Waals surface area contributed by atoms with E-state index in [-0.39, 0.29) is 18.1 Å². The van der Waals surface area contributed by atoms with Crippen LogP contribution >= 0.6 is 0 Å². The molecule has 2 saturated heterocycles. The maximum atomic E-state index is 12.9. The molecule has 9 heteroatoms. The number of carbonyl (C=O) groups is 2. The Bertz CT molecular complexity index is 709. The quantitative estimate of drug-likeness (QED) is 0.821. The summed E-state index contributed by atoms with van der Waals surface area (Å²) in [5.41, 5.74) is 1.99. The smallest absolute Gasteiger partial charge is 0.475 e. The summed E-state index contributed by atoms with van der Waals surface area (Å²) in [7, 11) is 1.80. The number of piperidine rings is 1. The normalized spacial score (nSPS) is 24.5. The van der Waals surface area contributed by atoms with Crippen LogP contribution in [0.2, 0.25) is 0 Å². The van der Waals surface area contributed by atoms with E-state index in [1.807, 2.05) is 31.2 Å². The number of fused-ring (bicyclic) bond motifs is 1. The molecule has 1 aromatic carbocycles. The standard InChI is InChI=1S/C18H26N2O2.C2HF3O2/c1-4-19-11-15-16(12-19)20(10-9-17(15)22-3)18(21)14-7-5-13(2)6-8-14;3-2(4,5)1(6)7/h5-8,15-17H,4,9-12H2,1-3H3;(H,6,7)/t15-,16+,17-;/m0./s1. The highest BCUT2D eigenvalue weighted by Crippen LogP contribution is 2.33. The third-order valence-electron chi connectivity index (χ3n) is 5.49. The summed E-state index contributed by atoms with van der Waals surface area (Å²) in [6.45, 7) is 8.08. The number of hydrogen-bond acceptors (Lipinski definition) is 4. The van der Waals surface area contributed by atoms with Crippen LogP contribution in [0.4, 0.5) is 13.2 Å². The van der Waals surface area contributed by atoms with Gasteiger partial charge in [-0.2, -0.15) is 13.2 Å². The summed E-state index contributed by atoms with van der Waals surface area (Å²) in [6.07, 6.45) is -3.86. The molecule has 162 valence electrons. The number of aliphatic carboxylic acids is 1. The Balaban J connectivity index is 0.000000370. The minimum absolute atomic E-state index is 0.169. The number of hydrogen-bond donors (Lipinski definition) is 1. The molecule has 6 nitrogen and oxygen atoms in total. The number of carbonyl (C=O) groups excluding carboxylic acids is 1. The van der Waals surface area contributed by atoms with Crippen LogP contribution in [0.5, 0.6) is 0 Å². The zero-order chi connectivity index (χ0) is 21.8. The largest absolute Gasteiger partial charge is 0.490 e. The first kappa shape index (κ1) is 23.2. The molecule has 0 saturated carbocycles. The molecule has 29 heavy (non-hydrogen) atoms. The van der Waals surface area contributed by atoms with E-state index < -0.39 is 12.1 Å². The fraction of sp³-hybridized carbons (Fsp3) is 0.600. The van der Waals surface area contributed by atoms with Gasteiger partial charge in [0.15, 0.2) is 0 Å². The maximum Gasteiger partial charge on any atom is 0.490 e. The van der Waals surface area contributed by atoms with Crippen molar-refractivity contribution in [3.8, 4) is 0 Å². The van der Waals surface area contributed by atoms with Crippen molar-refractivity contribution in [1.29, 1.82) is 0 Å². The fourth-order valence-corrected chi connectivity index (χ4v) is 3.90. The highest BCUT2D eigenvalue weighted by atomic mass is 19.4. The predicted octanol–water partition coefficient (Wildman–Crippen LogP) is 2.81. The van der Waals surface area contributed by atoms with Crippen molar-refractivity contribution in [2.45, 2.75) is 38.6 Å². The van der Waals surface area contributed by atoms with Gasteiger partial charge in [0, 0.05) is 38.2 Å². The third-order valence-corrected chi connectivity index (χ3v) is 5.49. The third kappa shape index (κ3) is 5.70. The van der Waals surface area contributed by atoms with Crippen molar-refractivity contribution in [1.82, 2.24) is 9.80 Å². The number of methoxy groups -OCH3 is 1. The Labute approximate surface area is 168 Å². The number of rotatable bonds is 3. The van der Waals surface area contributed by atoms with Gasteiger partial charge in [0.05, 0.1) is 12.1 Å². The maximum absolute atomic E-state index is 12.9. The Hall–Kier alpha value is -2.13. The zero-order valence-electron chi connectivity index (χ0n) is 16.8. The monoisotopic (exact) mass is 416 g/mol. The van der Waals surface area contributed by atoms with E-state index in [2.05, 4.69) is 16.7 Å². The van der Waals surface area contributed by atoms with Gasteiger partial charge in [-0.1, -0.05) is 24.6 Å². The van der Waals surface area contributed by atoms with E-state index in [9.17, 15) is 18.0 Å². The minimum atomic E-state index is -5.08. The van der Waals surface area contributed by atoms with Gasteiger partial charge in [-0.05, 0) is 32.0 Å². The lowest BCUT2D eigenvalue weighted by Crippen LogP contribution is -2.53. The van der Waals surface area contributed by atoms with Gasteiger partial charge in [0.25, 0.3) is 5.91 Å². The Morgan fingerprint density at radius 3 is 2.28 bits per heavy atom. The molecule has 0 aliphatic carbocycles. The number of benzene rings is 1. The van der Waals surface area contributed by atoms with Crippen LogP contribution in [0.3, 0.4) is 0 Å². The van der Waals surface area contributed by atoms with Crippen molar-refractivity contribution in [2.75, 3.05) is 33.3 Å². The van der Waals surface area contributed by atoms with Crippen LogP contribution in [0.15, 0.2) is 24.3 Å². The Morgan fingerprint density at radius 1 is 1.21 bits per heavy atom. The number of ether oxygens (including phenoxy) is 1. The molecule has 1 aromatic rings. The van der Waals surface area contributed by atoms with Crippen LogP contribution < -0.4 is 0 Å². The van der Waals surface area contributed by atoms with Crippen LogP contribution in [0, 0.1) is 12.8 Å². The molecule has 2 fully saturated rings. The predicted molar refractivity (Wildman–Crippen MR) is 101 cm³/mol. The number of amides is 1. The van der Waals surface area contributed by atoms with Gasteiger partial charge in [-0.25, -0.2) is 4.79 Å². The fourth-order valence-electron chi connectivity index (χ4n) is 3.90. The van der Waals surface area contributed by atoms with Crippen molar-refractivity contribution in [3.05, 3.63) is 35.4 Å². The van der Waals surface area contributed by atoms with Gasteiger partial charge in [0.2, 0.25) is 0 Å². The molecule has 0 aromatic heterocycles.